The molecule has 1 fully saturated rings. The Bertz CT molecular complexity index is 330. The maximum absolute atomic E-state index is 3.42. The lowest BCUT2D eigenvalue weighted by Gasteiger charge is -2.33. The smallest absolute Gasteiger partial charge is 0.0110 e. The summed E-state index contributed by atoms with van der Waals surface area (Å²) in [6.45, 7) is 9.40. The molecule has 0 aliphatic carbocycles. The van der Waals surface area contributed by atoms with Gasteiger partial charge in [-0.3, -0.25) is 4.90 Å². The topological polar surface area (TPSA) is 34.3 Å². The van der Waals surface area contributed by atoms with E-state index in [1.165, 1.54) is 31.6 Å². The summed E-state index contributed by atoms with van der Waals surface area (Å²) in [7, 11) is 2.23. The van der Waals surface area contributed by atoms with Crippen molar-refractivity contribution in [2.24, 2.45) is 0 Å². The lowest BCUT2D eigenvalue weighted by molar-refractivity contribution is 0.163. The predicted molar refractivity (Wildman–Crippen MR) is 80.5 cm³/mol. The number of piperazine rings is 1. The van der Waals surface area contributed by atoms with Crippen LogP contribution in [0, 0.1) is 0 Å². The fourth-order valence-electron chi connectivity index (χ4n) is 2.66. The van der Waals surface area contributed by atoms with E-state index in [2.05, 4.69) is 46.3 Å². The Morgan fingerprint density at radius 2 is 2.11 bits per heavy atom. The Balaban J connectivity index is 1.60. The van der Waals surface area contributed by atoms with E-state index in [0.29, 0.717) is 6.04 Å². The van der Waals surface area contributed by atoms with Gasteiger partial charge in [-0.25, -0.2) is 0 Å². The number of aromatic amines is 1. The van der Waals surface area contributed by atoms with Crippen LogP contribution in [0.15, 0.2) is 18.5 Å². The predicted octanol–water partition coefficient (Wildman–Crippen LogP) is 1.17. The maximum Gasteiger partial charge on any atom is 0.0110 e. The quantitative estimate of drug-likeness (QED) is 0.776. The molecule has 1 aromatic heterocycles. The normalized spacial score (nSPS) is 18.9. The molecule has 0 spiro atoms. The third-order valence-corrected chi connectivity index (χ3v) is 4.15. The standard InChI is InChI=1S/C15H28N4/c1-14(19-11-7-16-8-12-19)4-9-18(2)10-5-15-3-6-17-13-15/h3,6,13-14,16-17H,4-5,7-12H2,1-2H3. The van der Waals surface area contributed by atoms with Gasteiger partial charge >= 0.3 is 0 Å². The van der Waals surface area contributed by atoms with Gasteiger partial charge in [0.2, 0.25) is 0 Å². The molecule has 1 saturated heterocycles. The minimum Gasteiger partial charge on any atom is -0.367 e. The fraction of sp³-hybridized carbons (Fsp3) is 0.733. The highest BCUT2D eigenvalue weighted by Gasteiger charge is 2.16. The number of aromatic nitrogens is 1. The molecule has 2 heterocycles. The van der Waals surface area contributed by atoms with Gasteiger partial charge < -0.3 is 15.2 Å². The highest BCUT2D eigenvalue weighted by molar-refractivity contribution is 5.08. The van der Waals surface area contributed by atoms with Crippen LogP contribution in [0.3, 0.4) is 0 Å². The van der Waals surface area contributed by atoms with Crippen molar-refractivity contribution < 1.29 is 0 Å². The summed E-state index contributed by atoms with van der Waals surface area (Å²) in [6.07, 6.45) is 6.50. The number of hydrogen-bond acceptors (Lipinski definition) is 3. The molecule has 19 heavy (non-hydrogen) atoms. The lowest BCUT2D eigenvalue weighted by Crippen LogP contribution is -2.48. The van der Waals surface area contributed by atoms with Crippen molar-refractivity contribution >= 4 is 0 Å². The SMILES string of the molecule is CC(CCN(C)CCc1cc[nH]c1)N1CCNCC1. The van der Waals surface area contributed by atoms with Crippen LogP contribution in [0.2, 0.25) is 0 Å². The van der Waals surface area contributed by atoms with Crippen LogP contribution in [-0.4, -0.2) is 67.1 Å². The molecule has 4 heteroatoms. The Kier molecular flexibility index (Phi) is 5.89. The minimum atomic E-state index is 0.705. The zero-order valence-electron chi connectivity index (χ0n) is 12.4. The van der Waals surface area contributed by atoms with E-state index in [4.69, 9.17) is 0 Å². The number of nitrogens with zero attached hydrogens (tertiary/aromatic N) is 2. The molecule has 108 valence electrons. The largest absolute Gasteiger partial charge is 0.367 e. The zero-order chi connectivity index (χ0) is 13.5. The molecule has 0 bridgehead atoms. The van der Waals surface area contributed by atoms with Gasteiger partial charge in [-0.05, 0) is 45.0 Å². The number of likely N-dealkylation sites (N-methyl/N-ethyl adjacent to an activating group) is 1. The molecule has 1 aliphatic heterocycles. The van der Waals surface area contributed by atoms with Crippen molar-refractivity contribution in [2.75, 3.05) is 46.3 Å². The van der Waals surface area contributed by atoms with Crippen molar-refractivity contribution in [1.82, 2.24) is 20.1 Å². The highest BCUT2D eigenvalue weighted by atomic mass is 15.2. The number of H-pyrrole nitrogens is 1. The van der Waals surface area contributed by atoms with Crippen molar-refractivity contribution in [3.63, 3.8) is 0 Å². The Labute approximate surface area is 117 Å². The van der Waals surface area contributed by atoms with E-state index in [9.17, 15) is 0 Å². The van der Waals surface area contributed by atoms with Crippen LogP contribution >= 0.6 is 0 Å². The van der Waals surface area contributed by atoms with Gasteiger partial charge in [-0.15, -0.1) is 0 Å². The van der Waals surface area contributed by atoms with Gasteiger partial charge in [0.05, 0.1) is 0 Å². The molecule has 1 aliphatic rings. The van der Waals surface area contributed by atoms with Gasteiger partial charge in [-0.1, -0.05) is 0 Å². The molecule has 1 atom stereocenters. The Hall–Kier alpha value is -0.840. The van der Waals surface area contributed by atoms with Crippen LogP contribution < -0.4 is 5.32 Å². The summed E-state index contributed by atoms with van der Waals surface area (Å²) in [6, 6.07) is 2.87. The second kappa shape index (κ2) is 7.68. The van der Waals surface area contributed by atoms with E-state index >= 15 is 0 Å². The summed E-state index contributed by atoms with van der Waals surface area (Å²) in [5.74, 6) is 0. The molecular weight excluding hydrogens is 236 g/mol. The molecule has 1 unspecified atom stereocenters. The molecule has 1 aromatic rings. The first-order valence-electron chi connectivity index (χ1n) is 7.50. The third-order valence-electron chi connectivity index (χ3n) is 4.15. The van der Waals surface area contributed by atoms with Gasteiger partial charge in [0.15, 0.2) is 0 Å². The maximum atomic E-state index is 3.42. The van der Waals surface area contributed by atoms with Gasteiger partial charge in [-0.2, -0.15) is 0 Å². The second-order valence-electron chi connectivity index (χ2n) is 5.70. The van der Waals surface area contributed by atoms with Crippen LogP contribution in [0.25, 0.3) is 0 Å². The van der Waals surface area contributed by atoms with Gasteiger partial charge in [0.25, 0.3) is 0 Å². The van der Waals surface area contributed by atoms with E-state index < -0.39 is 0 Å². The molecule has 2 rings (SSSR count). The molecule has 4 nitrogen and oxygen atoms in total. The molecule has 0 aromatic carbocycles. The number of nitrogens with one attached hydrogen (secondary N) is 2. The summed E-state index contributed by atoms with van der Waals surface area (Å²) < 4.78 is 0. The first-order valence-corrected chi connectivity index (χ1v) is 7.50. The van der Waals surface area contributed by atoms with Crippen LogP contribution in [0.5, 0.6) is 0 Å². The third kappa shape index (κ3) is 4.97. The van der Waals surface area contributed by atoms with Crippen LogP contribution in [0.4, 0.5) is 0 Å². The van der Waals surface area contributed by atoms with E-state index in [1.807, 2.05) is 6.20 Å². The van der Waals surface area contributed by atoms with Gasteiger partial charge in [0.1, 0.15) is 0 Å². The first-order chi connectivity index (χ1) is 9.25. The Morgan fingerprint density at radius 3 is 2.79 bits per heavy atom. The van der Waals surface area contributed by atoms with Gasteiger partial charge in [0, 0.05) is 51.2 Å². The minimum absolute atomic E-state index is 0.705. The average molecular weight is 264 g/mol. The molecule has 2 N–H and O–H groups in total. The van der Waals surface area contributed by atoms with E-state index in [1.54, 1.807) is 0 Å². The number of hydrogen-bond donors (Lipinski definition) is 2. The van der Waals surface area contributed by atoms with Crippen LogP contribution in [-0.2, 0) is 6.42 Å². The fourth-order valence-corrected chi connectivity index (χ4v) is 2.66. The van der Waals surface area contributed by atoms with E-state index in [-0.39, 0.29) is 0 Å². The molecule has 0 radical (unpaired) electrons. The average Bonchev–Trinajstić information content (AvgIpc) is 2.96. The van der Waals surface area contributed by atoms with Crippen molar-refractivity contribution in [3.8, 4) is 0 Å². The Morgan fingerprint density at radius 1 is 1.32 bits per heavy atom. The molecule has 0 amide bonds. The molecular formula is C15H28N4. The summed E-state index contributed by atoms with van der Waals surface area (Å²) in [5.41, 5.74) is 1.40. The van der Waals surface area contributed by atoms with Crippen molar-refractivity contribution in [2.45, 2.75) is 25.8 Å². The summed E-state index contributed by atoms with van der Waals surface area (Å²) >= 11 is 0. The summed E-state index contributed by atoms with van der Waals surface area (Å²) in [5, 5.41) is 3.42. The highest BCUT2D eigenvalue weighted by Crippen LogP contribution is 2.06. The summed E-state index contributed by atoms with van der Waals surface area (Å²) in [4.78, 5) is 8.17. The zero-order valence-corrected chi connectivity index (χ0v) is 12.4. The first kappa shape index (κ1) is 14.6. The lowest BCUT2D eigenvalue weighted by atomic mass is 10.1. The molecule has 0 saturated carbocycles. The monoisotopic (exact) mass is 264 g/mol. The van der Waals surface area contributed by atoms with Crippen molar-refractivity contribution in [3.05, 3.63) is 24.0 Å². The van der Waals surface area contributed by atoms with Crippen LogP contribution in [0.1, 0.15) is 18.9 Å². The van der Waals surface area contributed by atoms with Crippen molar-refractivity contribution in [1.29, 1.82) is 0 Å². The number of rotatable bonds is 7. The van der Waals surface area contributed by atoms with E-state index in [0.717, 1.165) is 26.1 Å². The second-order valence-corrected chi connectivity index (χ2v) is 5.70.